The highest BCUT2D eigenvalue weighted by molar-refractivity contribution is 7.99. The lowest BCUT2D eigenvalue weighted by molar-refractivity contribution is 0.165. The van der Waals surface area contributed by atoms with Gasteiger partial charge in [0.25, 0.3) is 0 Å². The minimum atomic E-state index is 0. The Labute approximate surface area is 110 Å². The number of hydrogen-bond acceptors (Lipinski definition) is 3. The van der Waals surface area contributed by atoms with Gasteiger partial charge >= 0.3 is 0 Å². The van der Waals surface area contributed by atoms with Gasteiger partial charge in [-0.1, -0.05) is 0 Å². The second-order valence-electron chi connectivity index (χ2n) is 5.03. The first-order valence-electron chi connectivity index (χ1n) is 6.33. The first-order chi connectivity index (χ1) is 7.38. The van der Waals surface area contributed by atoms with Crippen molar-refractivity contribution in [3.05, 3.63) is 0 Å². The van der Waals surface area contributed by atoms with Gasteiger partial charge in [-0.05, 0) is 69.3 Å². The molecule has 96 valence electrons. The molecule has 0 bridgehead atoms. The highest BCUT2D eigenvalue weighted by Crippen LogP contribution is 2.26. The standard InChI is InChI=1S/C12H24N2S.ClH/c1-13-8-11-2-5-14(6-3-11)9-12-4-7-15-10-12;/h11-13H,2-10H2,1H3;1H. The highest BCUT2D eigenvalue weighted by atomic mass is 35.5. The number of hydrogen-bond donors (Lipinski definition) is 1. The van der Waals surface area contributed by atoms with Crippen molar-refractivity contribution in [3.8, 4) is 0 Å². The van der Waals surface area contributed by atoms with Gasteiger partial charge in [-0.3, -0.25) is 0 Å². The number of halogens is 1. The van der Waals surface area contributed by atoms with Crippen molar-refractivity contribution in [1.29, 1.82) is 0 Å². The molecule has 0 aliphatic carbocycles. The van der Waals surface area contributed by atoms with Crippen LogP contribution in [-0.4, -0.2) is 49.6 Å². The van der Waals surface area contributed by atoms with E-state index in [0.29, 0.717) is 0 Å². The van der Waals surface area contributed by atoms with Crippen molar-refractivity contribution in [2.75, 3.05) is 44.7 Å². The van der Waals surface area contributed by atoms with Crippen molar-refractivity contribution in [1.82, 2.24) is 10.2 Å². The zero-order valence-corrected chi connectivity index (χ0v) is 11.9. The van der Waals surface area contributed by atoms with Crippen molar-refractivity contribution >= 4 is 24.2 Å². The number of nitrogens with one attached hydrogen (secondary N) is 1. The normalized spacial score (nSPS) is 27.9. The number of rotatable bonds is 4. The van der Waals surface area contributed by atoms with E-state index in [0.717, 1.165) is 11.8 Å². The largest absolute Gasteiger partial charge is 0.319 e. The third-order valence-corrected chi connectivity index (χ3v) is 4.97. The zero-order chi connectivity index (χ0) is 10.5. The second kappa shape index (κ2) is 7.80. The van der Waals surface area contributed by atoms with Crippen LogP contribution < -0.4 is 5.32 Å². The van der Waals surface area contributed by atoms with Crippen LogP contribution in [0.2, 0.25) is 0 Å². The summed E-state index contributed by atoms with van der Waals surface area (Å²) >= 11 is 2.14. The average molecular weight is 265 g/mol. The average Bonchev–Trinajstić information content (AvgIpc) is 2.74. The molecule has 2 heterocycles. The van der Waals surface area contributed by atoms with Gasteiger partial charge < -0.3 is 10.2 Å². The van der Waals surface area contributed by atoms with Crippen LogP contribution in [0.25, 0.3) is 0 Å². The van der Waals surface area contributed by atoms with E-state index >= 15 is 0 Å². The molecule has 0 spiro atoms. The number of piperidine rings is 1. The second-order valence-corrected chi connectivity index (χ2v) is 6.18. The molecule has 0 aromatic carbocycles. The Morgan fingerprint density at radius 2 is 1.94 bits per heavy atom. The fourth-order valence-corrected chi connectivity index (χ4v) is 4.03. The molecule has 0 radical (unpaired) electrons. The lowest BCUT2D eigenvalue weighted by Gasteiger charge is -2.33. The van der Waals surface area contributed by atoms with Crippen LogP contribution >= 0.6 is 24.2 Å². The monoisotopic (exact) mass is 264 g/mol. The van der Waals surface area contributed by atoms with Gasteiger partial charge in [0.2, 0.25) is 0 Å². The summed E-state index contributed by atoms with van der Waals surface area (Å²) in [5.74, 6) is 4.75. The first kappa shape index (κ1) is 14.6. The van der Waals surface area contributed by atoms with Crippen molar-refractivity contribution < 1.29 is 0 Å². The van der Waals surface area contributed by atoms with Gasteiger partial charge in [-0.2, -0.15) is 11.8 Å². The van der Waals surface area contributed by atoms with Gasteiger partial charge in [0.1, 0.15) is 0 Å². The van der Waals surface area contributed by atoms with Gasteiger partial charge in [-0.15, -0.1) is 12.4 Å². The molecule has 2 rings (SSSR count). The van der Waals surface area contributed by atoms with Crippen LogP contribution in [0.1, 0.15) is 19.3 Å². The van der Waals surface area contributed by atoms with E-state index in [1.807, 2.05) is 0 Å². The summed E-state index contributed by atoms with van der Waals surface area (Å²) in [7, 11) is 2.07. The molecule has 4 heteroatoms. The van der Waals surface area contributed by atoms with E-state index in [9.17, 15) is 0 Å². The Kier molecular flexibility index (Phi) is 7.13. The molecule has 2 fully saturated rings. The van der Waals surface area contributed by atoms with E-state index in [2.05, 4.69) is 29.0 Å². The summed E-state index contributed by atoms with van der Waals surface area (Å²) in [6.45, 7) is 5.27. The van der Waals surface area contributed by atoms with E-state index in [-0.39, 0.29) is 12.4 Å². The molecule has 2 nitrogen and oxygen atoms in total. The van der Waals surface area contributed by atoms with Crippen LogP contribution in [0.5, 0.6) is 0 Å². The van der Waals surface area contributed by atoms with E-state index in [4.69, 9.17) is 0 Å². The van der Waals surface area contributed by atoms with Gasteiger partial charge in [-0.25, -0.2) is 0 Å². The predicted molar refractivity (Wildman–Crippen MR) is 75.8 cm³/mol. The Morgan fingerprint density at radius 1 is 1.19 bits per heavy atom. The third kappa shape index (κ3) is 4.44. The lowest BCUT2D eigenvalue weighted by atomic mass is 9.96. The molecule has 0 aromatic rings. The van der Waals surface area contributed by atoms with Crippen LogP contribution in [0.3, 0.4) is 0 Å². The maximum Gasteiger partial charge on any atom is 0.00178 e. The van der Waals surface area contributed by atoms with E-state index < -0.39 is 0 Å². The molecule has 0 aromatic heterocycles. The fraction of sp³-hybridized carbons (Fsp3) is 1.00. The quantitative estimate of drug-likeness (QED) is 0.837. The topological polar surface area (TPSA) is 15.3 Å². The SMILES string of the molecule is CNCC1CCN(CC2CCSC2)CC1.Cl. The molecule has 2 aliphatic rings. The van der Waals surface area contributed by atoms with E-state index in [1.165, 1.54) is 56.9 Å². The summed E-state index contributed by atoms with van der Waals surface area (Å²) in [5.41, 5.74) is 0. The Morgan fingerprint density at radius 3 is 2.50 bits per heavy atom. The van der Waals surface area contributed by atoms with Gasteiger partial charge in [0.05, 0.1) is 0 Å². The zero-order valence-electron chi connectivity index (χ0n) is 10.3. The third-order valence-electron chi connectivity index (χ3n) is 3.74. The summed E-state index contributed by atoms with van der Waals surface area (Å²) in [5, 5.41) is 3.30. The molecule has 0 saturated carbocycles. The van der Waals surface area contributed by atoms with Gasteiger partial charge in [0, 0.05) is 6.54 Å². The van der Waals surface area contributed by atoms with Crippen LogP contribution in [0.15, 0.2) is 0 Å². The molecule has 0 amide bonds. The molecular weight excluding hydrogens is 240 g/mol. The Balaban J connectivity index is 0.00000128. The van der Waals surface area contributed by atoms with Crippen LogP contribution in [0, 0.1) is 11.8 Å². The molecule has 1 atom stereocenters. The van der Waals surface area contributed by atoms with E-state index in [1.54, 1.807) is 0 Å². The maximum absolute atomic E-state index is 3.30. The Hall–Kier alpha value is 0.560. The molecule has 1 unspecified atom stereocenters. The summed E-state index contributed by atoms with van der Waals surface area (Å²) < 4.78 is 0. The first-order valence-corrected chi connectivity index (χ1v) is 7.48. The number of likely N-dealkylation sites (tertiary alicyclic amines) is 1. The predicted octanol–water partition coefficient (Wildman–Crippen LogP) is 2.09. The molecule has 1 N–H and O–H groups in total. The van der Waals surface area contributed by atoms with Crippen LogP contribution in [-0.2, 0) is 0 Å². The molecular formula is C12H25ClN2S. The number of nitrogens with zero attached hydrogens (tertiary/aromatic N) is 1. The molecule has 2 aliphatic heterocycles. The number of thioether (sulfide) groups is 1. The van der Waals surface area contributed by atoms with Crippen molar-refractivity contribution in [2.45, 2.75) is 19.3 Å². The van der Waals surface area contributed by atoms with Crippen molar-refractivity contribution in [2.24, 2.45) is 11.8 Å². The minimum Gasteiger partial charge on any atom is -0.319 e. The lowest BCUT2D eigenvalue weighted by Crippen LogP contribution is -2.39. The van der Waals surface area contributed by atoms with Crippen molar-refractivity contribution in [3.63, 3.8) is 0 Å². The van der Waals surface area contributed by atoms with Gasteiger partial charge in [0.15, 0.2) is 0 Å². The summed E-state index contributed by atoms with van der Waals surface area (Å²) in [6.07, 6.45) is 4.27. The van der Waals surface area contributed by atoms with Crippen LogP contribution in [0.4, 0.5) is 0 Å². The summed E-state index contributed by atoms with van der Waals surface area (Å²) in [4.78, 5) is 2.70. The minimum absolute atomic E-state index is 0. The smallest absolute Gasteiger partial charge is 0.00178 e. The fourth-order valence-electron chi connectivity index (χ4n) is 2.75. The molecule has 16 heavy (non-hydrogen) atoms. The molecule has 2 saturated heterocycles. The summed E-state index contributed by atoms with van der Waals surface area (Å²) in [6, 6.07) is 0. The Bertz CT molecular complexity index is 178. The maximum atomic E-state index is 3.30. The highest BCUT2D eigenvalue weighted by Gasteiger charge is 2.23.